The lowest BCUT2D eigenvalue weighted by molar-refractivity contribution is -0.118. The molecule has 0 aliphatic carbocycles. The Labute approximate surface area is 145 Å². The molecule has 0 bridgehead atoms. The van der Waals surface area contributed by atoms with E-state index >= 15 is 0 Å². The maximum Gasteiger partial charge on any atom is 0.294 e. The van der Waals surface area contributed by atoms with Crippen molar-refractivity contribution in [3.63, 3.8) is 0 Å². The van der Waals surface area contributed by atoms with Crippen LogP contribution in [0.25, 0.3) is 0 Å². The van der Waals surface area contributed by atoms with E-state index in [0.29, 0.717) is 11.3 Å². The Morgan fingerprint density at radius 3 is 2.28 bits per heavy atom. The van der Waals surface area contributed by atoms with E-state index in [-0.39, 0.29) is 17.8 Å². The second-order valence-corrected chi connectivity index (χ2v) is 6.00. The van der Waals surface area contributed by atoms with Crippen LogP contribution in [-0.2, 0) is 9.59 Å². The number of hydrogen-bond acceptors (Lipinski definition) is 3. The minimum atomic E-state index is -0.775. The molecule has 3 rings (SSSR count). The van der Waals surface area contributed by atoms with Gasteiger partial charge in [0, 0.05) is 12.1 Å². The Bertz CT molecular complexity index is 854. The van der Waals surface area contributed by atoms with Gasteiger partial charge < -0.3 is 5.11 Å². The lowest BCUT2D eigenvalue weighted by Crippen LogP contribution is -2.31. The molecule has 0 radical (unpaired) electrons. The van der Waals surface area contributed by atoms with Crippen LogP contribution in [0, 0.1) is 12.7 Å². The van der Waals surface area contributed by atoms with Gasteiger partial charge in [-0.3, -0.25) is 14.5 Å². The van der Waals surface area contributed by atoms with Crippen molar-refractivity contribution < 1.29 is 19.1 Å². The van der Waals surface area contributed by atoms with Gasteiger partial charge in [0.1, 0.15) is 5.82 Å². The van der Waals surface area contributed by atoms with Gasteiger partial charge in [0.2, 0.25) is 0 Å². The van der Waals surface area contributed by atoms with Crippen molar-refractivity contribution in [2.45, 2.75) is 26.3 Å². The summed E-state index contributed by atoms with van der Waals surface area (Å²) in [6.45, 7) is 3.60. The molecule has 0 fully saturated rings. The molecule has 0 saturated carbocycles. The molecule has 0 aromatic heterocycles. The number of halogens is 1. The number of benzene rings is 2. The monoisotopic (exact) mass is 339 g/mol. The van der Waals surface area contributed by atoms with Crippen molar-refractivity contribution in [3.05, 3.63) is 76.8 Å². The van der Waals surface area contributed by atoms with E-state index in [0.717, 1.165) is 5.56 Å². The Kier molecular flexibility index (Phi) is 4.40. The molecule has 2 aromatic carbocycles. The molecule has 1 N–H and O–H groups in total. The molecular weight excluding hydrogens is 321 g/mol. The first kappa shape index (κ1) is 16.9. The third-order valence-electron chi connectivity index (χ3n) is 4.33. The summed E-state index contributed by atoms with van der Waals surface area (Å²) < 4.78 is 13.3. The van der Waals surface area contributed by atoms with Crippen LogP contribution in [0.1, 0.15) is 30.5 Å². The van der Waals surface area contributed by atoms with Gasteiger partial charge in [0.15, 0.2) is 11.5 Å². The van der Waals surface area contributed by atoms with Crippen LogP contribution in [0.3, 0.4) is 0 Å². The number of nitrogens with zero attached hydrogens (tertiary/aromatic N) is 1. The molecular formula is C20H18FNO3. The maximum atomic E-state index is 13.3. The van der Waals surface area contributed by atoms with Gasteiger partial charge in [-0.15, -0.1) is 0 Å². The quantitative estimate of drug-likeness (QED) is 0.915. The number of aryl methyl sites for hydroxylation is 1. The van der Waals surface area contributed by atoms with Crippen molar-refractivity contribution in [1.82, 2.24) is 0 Å². The number of rotatable bonds is 4. The summed E-state index contributed by atoms with van der Waals surface area (Å²) in [5.41, 5.74) is 2.21. The van der Waals surface area contributed by atoms with Crippen LogP contribution in [0.5, 0.6) is 0 Å². The van der Waals surface area contributed by atoms with E-state index in [9.17, 15) is 19.1 Å². The fourth-order valence-electron chi connectivity index (χ4n) is 3.01. The second-order valence-electron chi connectivity index (χ2n) is 6.00. The first-order valence-corrected chi connectivity index (χ1v) is 8.06. The molecule has 2 aromatic rings. The zero-order valence-corrected chi connectivity index (χ0v) is 14.0. The van der Waals surface area contributed by atoms with E-state index in [1.165, 1.54) is 29.2 Å². The van der Waals surface area contributed by atoms with Gasteiger partial charge in [-0.25, -0.2) is 4.39 Å². The zero-order chi connectivity index (χ0) is 18.1. The number of carbonyl (C=O) groups is 2. The van der Waals surface area contributed by atoms with E-state index < -0.39 is 23.5 Å². The number of ketones is 1. The number of aliphatic hydroxyl groups is 1. The maximum absolute atomic E-state index is 13.3. The highest BCUT2D eigenvalue weighted by atomic mass is 19.1. The molecule has 128 valence electrons. The first-order valence-electron chi connectivity index (χ1n) is 8.06. The Morgan fingerprint density at radius 2 is 1.72 bits per heavy atom. The number of Topliss-reactive ketones (excluding diaryl/α,β-unsaturated/α-hetero) is 1. The number of hydrogen-bond donors (Lipinski definition) is 1. The van der Waals surface area contributed by atoms with Crippen molar-refractivity contribution in [1.29, 1.82) is 0 Å². The van der Waals surface area contributed by atoms with E-state index in [4.69, 9.17) is 0 Å². The van der Waals surface area contributed by atoms with Crippen molar-refractivity contribution >= 4 is 17.4 Å². The molecule has 25 heavy (non-hydrogen) atoms. The summed E-state index contributed by atoms with van der Waals surface area (Å²) >= 11 is 0. The highest BCUT2D eigenvalue weighted by Crippen LogP contribution is 2.41. The van der Waals surface area contributed by atoms with Crippen molar-refractivity contribution in [2.24, 2.45) is 0 Å². The minimum Gasteiger partial charge on any atom is -0.503 e. The molecule has 1 atom stereocenters. The van der Waals surface area contributed by atoms with Crippen LogP contribution < -0.4 is 4.90 Å². The molecule has 4 nitrogen and oxygen atoms in total. The Hall–Kier alpha value is -2.95. The SMILES string of the molecule is CCC(=O)C1=C(O)C(=O)N(c2ccc(C)cc2)C1c1ccc(F)cc1. The number of anilines is 1. The van der Waals surface area contributed by atoms with E-state index in [2.05, 4.69) is 0 Å². The lowest BCUT2D eigenvalue weighted by Gasteiger charge is -2.27. The van der Waals surface area contributed by atoms with Crippen LogP contribution in [0.4, 0.5) is 10.1 Å². The molecule has 1 aliphatic rings. The van der Waals surface area contributed by atoms with Crippen LogP contribution >= 0.6 is 0 Å². The largest absolute Gasteiger partial charge is 0.503 e. The number of aliphatic hydroxyl groups excluding tert-OH is 1. The summed E-state index contributed by atoms with van der Waals surface area (Å²) in [5.74, 6) is -1.89. The molecule has 0 saturated heterocycles. The third kappa shape index (κ3) is 2.93. The van der Waals surface area contributed by atoms with Gasteiger partial charge in [0.25, 0.3) is 5.91 Å². The van der Waals surface area contributed by atoms with Gasteiger partial charge in [-0.05, 0) is 36.8 Å². The fourth-order valence-corrected chi connectivity index (χ4v) is 3.01. The molecule has 5 heteroatoms. The average molecular weight is 339 g/mol. The fraction of sp³-hybridized carbons (Fsp3) is 0.200. The van der Waals surface area contributed by atoms with Crippen molar-refractivity contribution in [3.8, 4) is 0 Å². The highest BCUT2D eigenvalue weighted by molar-refractivity contribution is 6.16. The lowest BCUT2D eigenvalue weighted by atomic mass is 9.95. The standard InChI is InChI=1S/C20H18FNO3/c1-3-16(23)17-18(13-6-8-14(21)9-7-13)22(20(25)19(17)24)15-10-4-12(2)5-11-15/h4-11,18,24H,3H2,1-2H3. The molecule has 1 heterocycles. The predicted molar refractivity (Wildman–Crippen MR) is 92.8 cm³/mol. The van der Waals surface area contributed by atoms with Crippen molar-refractivity contribution in [2.75, 3.05) is 4.90 Å². The molecule has 1 amide bonds. The highest BCUT2D eigenvalue weighted by Gasteiger charge is 2.43. The van der Waals surface area contributed by atoms with Gasteiger partial charge in [0.05, 0.1) is 11.6 Å². The van der Waals surface area contributed by atoms with Gasteiger partial charge in [-0.1, -0.05) is 36.8 Å². The zero-order valence-electron chi connectivity index (χ0n) is 14.0. The Morgan fingerprint density at radius 1 is 1.12 bits per heavy atom. The van der Waals surface area contributed by atoms with Gasteiger partial charge in [-0.2, -0.15) is 0 Å². The summed E-state index contributed by atoms with van der Waals surface area (Å²) in [6.07, 6.45) is 0.159. The number of carbonyl (C=O) groups excluding carboxylic acids is 2. The van der Waals surface area contributed by atoms with Gasteiger partial charge >= 0.3 is 0 Å². The normalized spacial score (nSPS) is 17.3. The summed E-state index contributed by atoms with van der Waals surface area (Å²) in [5, 5.41) is 10.3. The topological polar surface area (TPSA) is 57.6 Å². The molecule has 1 aliphatic heterocycles. The summed E-state index contributed by atoms with van der Waals surface area (Å²) in [6, 6.07) is 12.0. The average Bonchev–Trinajstić information content (AvgIpc) is 2.87. The van der Waals surface area contributed by atoms with E-state index in [1.54, 1.807) is 19.1 Å². The summed E-state index contributed by atoms with van der Waals surface area (Å²) in [4.78, 5) is 26.4. The number of amides is 1. The smallest absolute Gasteiger partial charge is 0.294 e. The predicted octanol–water partition coefficient (Wildman–Crippen LogP) is 4.01. The second kappa shape index (κ2) is 6.51. The summed E-state index contributed by atoms with van der Waals surface area (Å²) in [7, 11) is 0. The third-order valence-corrected chi connectivity index (χ3v) is 4.33. The minimum absolute atomic E-state index is 0.0553. The van der Waals surface area contributed by atoms with Crippen LogP contribution in [0.15, 0.2) is 59.9 Å². The molecule has 0 spiro atoms. The molecule has 1 unspecified atom stereocenters. The van der Waals surface area contributed by atoms with Crippen LogP contribution in [-0.4, -0.2) is 16.8 Å². The van der Waals surface area contributed by atoms with Crippen LogP contribution in [0.2, 0.25) is 0 Å². The Balaban J connectivity index is 2.16. The first-order chi connectivity index (χ1) is 11.9. The van der Waals surface area contributed by atoms with E-state index in [1.807, 2.05) is 19.1 Å².